The van der Waals surface area contributed by atoms with E-state index in [4.69, 9.17) is 8.83 Å². The van der Waals surface area contributed by atoms with E-state index in [9.17, 15) is 4.79 Å². The summed E-state index contributed by atoms with van der Waals surface area (Å²) in [6.07, 6.45) is 1.66. The van der Waals surface area contributed by atoms with Gasteiger partial charge < -0.3 is 14.2 Å². The molecule has 0 bridgehead atoms. The number of hydrogen-bond acceptors (Lipinski definition) is 4. The Morgan fingerprint density at radius 3 is 2.94 bits per heavy atom. The molecule has 0 fully saturated rings. The number of amides is 1. The number of carbonyl (C=O) groups excluding carboxylic acids is 1. The van der Waals surface area contributed by atoms with Crippen molar-refractivity contribution in [3.05, 3.63) is 46.7 Å². The Hall–Kier alpha value is -1.14. The van der Waals surface area contributed by atoms with Crippen molar-refractivity contribution < 1.29 is 13.6 Å². The van der Waals surface area contributed by atoms with E-state index in [1.807, 2.05) is 12.1 Å². The standard InChI is InChI=1S/C12H12BrNO3S/c13-11-4-3-10(17-11)12(15)14-5-7-18-8-9-2-1-6-16-9/h1-4,6H,5,7-8H2,(H,14,15). The molecule has 0 aliphatic carbocycles. The van der Waals surface area contributed by atoms with Gasteiger partial charge in [0.1, 0.15) is 5.76 Å². The number of thioether (sulfide) groups is 1. The molecule has 0 radical (unpaired) electrons. The van der Waals surface area contributed by atoms with Crippen molar-refractivity contribution in [3.8, 4) is 0 Å². The molecule has 0 saturated heterocycles. The Morgan fingerprint density at radius 1 is 1.39 bits per heavy atom. The average molecular weight is 330 g/mol. The number of halogens is 1. The zero-order chi connectivity index (χ0) is 12.8. The third kappa shape index (κ3) is 3.96. The maximum Gasteiger partial charge on any atom is 0.287 e. The quantitative estimate of drug-likeness (QED) is 0.826. The third-order valence-electron chi connectivity index (χ3n) is 2.15. The minimum atomic E-state index is -0.195. The van der Waals surface area contributed by atoms with Crippen LogP contribution in [0.4, 0.5) is 0 Å². The summed E-state index contributed by atoms with van der Waals surface area (Å²) in [7, 11) is 0. The summed E-state index contributed by atoms with van der Waals surface area (Å²) in [5.41, 5.74) is 0. The van der Waals surface area contributed by atoms with Gasteiger partial charge in [-0.3, -0.25) is 4.79 Å². The molecule has 1 amide bonds. The summed E-state index contributed by atoms with van der Waals surface area (Å²) in [5, 5.41) is 2.79. The Kier molecular flexibility index (Phi) is 4.95. The normalized spacial score (nSPS) is 10.5. The molecule has 0 unspecified atom stereocenters. The summed E-state index contributed by atoms with van der Waals surface area (Å²) in [6.45, 7) is 0.600. The van der Waals surface area contributed by atoms with Crippen molar-refractivity contribution in [2.75, 3.05) is 12.3 Å². The fourth-order valence-electron chi connectivity index (χ4n) is 1.33. The number of nitrogens with one attached hydrogen (secondary N) is 1. The van der Waals surface area contributed by atoms with Gasteiger partial charge in [-0.25, -0.2) is 0 Å². The van der Waals surface area contributed by atoms with Crippen molar-refractivity contribution in [1.29, 1.82) is 0 Å². The largest absolute Gasteiger partial charge is 0.468 e. The second-order valence-corrected chi connectivity index (χ2v) is 5.38. The van der Waals surface area contributed by atoms with E-state index < -0.39 is 0 Å². The van der Waals surface area contributed by atoms with E-state index >= 15 is 0 Å². The summed E-state index contributed by atoms with van der Waals surface area (Å²) in [4.78, 5) is 11.6. The van der Waals surface area contributed by atoms with Gasteiger partial charge in [-0.15, -0.1) is 0 Å². The Labute approximate surface area is 117 Å². The molecule has 0 aliphatic heterocycles. The zero-order valence-corrected chi connectivity index (χ0v) is 11.9. The lowest BCUT2D eigenvalue weighted by atomic mass is 10.4. The highest BCUT2D eigenvalue weighted by molar-refractivity contribution is 9.10. The van der Waals surface area contributed by atoms with Crippen LogP contribution in [0.25, 0.3) is 0 Å². The van der Waals surface area contributed by atoms with Crippen molar-refractivity contribution in [2.24, 2.45) is 0 Å². The van der Waals surface area contributed by atoms with Crippen LogP contribution in [0.1, 0.15) is 16.3 Å². The van der Waals surface area contributed by atoms with Gasteiger partial charge in [0.25, 0.3) is 5.91 Å². The van der Waals surface area contributed by atoms with Crippen LogP contribution in [-0.2, 0) is 5.75 Å². The first kappa shape index (κ1) is 13.3. The summed E-state index contributed by atoms with van der Waals surface area (Å²) in [5.74, 6) is 2.71. The molecule has 4 nitrogen and oxygen atoms in total. The van der Waals surface area contributed by atoms with Crippen LogP contribution < -0.4 is 5.32 Å². The van der Waals surface area contributed by atoms with Gasteiger partial charge in [-0.1, -0.05) is 0 Å². The van der Waals surface area contributed by atoms with Gasteiger partial charge in [0, 0.05) is 12.3 Å². The fourth-order valence-corrected chi connectivity index (χ4v) is 2.39. The van der Waals surface area contributed by atoms with Crippen LogP contribution in [0.3, 0.4) is 0 Å². The lowest BCUT2D eigenvalue weighted by Crippen LogP contribution is -2.25. The fraction of sp³-hybridized carbons (Fsp3) is 0.250. The summed E-state index contributed by atoms with van der Waals surface area (Å²) < 4.78 is 10.9. The van der Waals surface area contributed by atoms with Gasteiger partial charge in [-0.2, -0.15) is 11.8 Å². The lowest BCUT2D eigenvalue weighted by Gasteiger charge is -2.02. The number of furan rings is 2. The second-order valence-electron chi connectivity index (χ2n) is 3.49. The summed E-state index contributed by atoms with van der Waals surface area (Å²) >= 11 is 4.86. The van der Waals surface area contributed by atoms with Crippen LogP contribution >= 0.6 is 27.7 Å². The maximum atomic E-state index is 11.6. The predicted molar refractivity (Wildman–Crippen MR) is 73.6 cm³/mol. The van der Waals surface area contributed by atoms with Crippen LogP contribution in [0.5, 0.6) is 0 Å². The minimum absolute atomic E-state index is 0.195. The molecule has 2 rings (SSSR count). The predicted octanol–water partition coefficient (Wildman–Crippen LogP) is 3.30. The molecule has 0 spiro atoms. The highest BCUT2D eigenvalue weighted by Gasteiger charge is 2.09. The van der Waals surface area contributed by atoms with Gasteiger partial charge in [0.15, 0.2) is 10.4 Å². The first-order valence-corrected chi connectivity index (χ1v) is 7.34. The van der Waals surface area contributed by atoms with Crippen molar-refractivity contribution in [3.63, 3.8) is 0 Å². The van der Waals surface area contributed by atoms with Gasteiger partial charge in [0.05, 0.1) is 12.0 Å². The molecule has 2 heterocycles. The Bertz CT molecular complexity index is 495. The topological polar surface area (TPSA) is 55.4 Å². The molecular weight excluding hydrogens is 318 g/mol. The molecule has 0 saturated carbocycles. The van der Waals surface area contributed by atoms with E-state index in [0.29, 0.717) is 17.0 Å². The van der Waals surface area contributed by atoms with Gasteiger partial charge in [-0.05, 0) is 40.2 Å². The highest BCUT2D eigenvalue weighted by Crippen LogP contribution is 2.14. The summed E-state index contributed by atoms with van der Waals surface area (Å²) in [6, 6.07) is 7.13. The van der Waals surface area contributed by atoms with Crippen LogP contribution in [0.15, 0.2) is 44.0 Å². The lowest BCUT2D eigenvalue weighted by molar-refractivity contribution is 0.0927. The Morgan fingerprint density at radius 2 is 2.28 bits per heavy atom. The molecular formula is C12H12BrNO3S. The monoisotopic (exact) mass is 329 g/mol. The Balaban J connectivity index is 1.62. The van der Waals surface area contributed by atoms with Crippen molar-refractivity contribution >= 4 is 33.6 Å². The zero-order valence-electron chi connectivity index (χ0n) is 9.52. The molecule has 2 aromatic rings. The van der Waals surface area contributed by atoms with Gasteiger partial charge in [0.2, 0.25) is 0 Å². The van der Waals surface area contributed by atoms with Crippen molar-refractivity contribution in [1.82, 2.24) is 5.32 Å². The van der Waals surface area contributed by atoms with E-state index in [2.05, 4.69) is 21.2 Å². The number of hydrogen-bond donors (Lipinski definition) is 1. The van der Waals surface area contributed by atoms with Crippen LogP contribution in [0.2, 0.25) is 0 Å². The molecule has 6 heteroatoms. The minimum Gasteiger partial charge on any atom is -0.468 e. The first-order valence-electron chi connectivity index (χ1n) is 5.39. The molecule has 0 aliphatic rings. The van der Waals surface area contributed by atoms with E-state index in [1.54, 1.807) is 30.2 Å². The molecule has 0 aromatic carbocycles. The van der Waals surface area contributed by atoms with Crippen LogP contribution in [-0.4, -0.2) is 18.2 Å². The first-order chi connectivity index (χ1) is 8.75. The maximum absolute atomic E-state index is 11.6. The van der Waals surface area contributed by atoms with Crippen molar-refractivity contribution in [2.45, 2.75) is 5.75 Å². The van der Waals surface area contributed by atoms with E-state index in [-0.39, 0.29) is 5.91 Å². The molecule has 0 atom stereocenters. The molecule has 18 heavy (non-hydrogen) atoms. The smallest absolute Gasteiger partial charge is 0.287 e. The highest BCUT2D eigenvalue weighted by atomic mass is 79.9. The molecule has 2 aromatic heterocycles. The van der Waals surface area contributed by atoms with E-state index in [0.717, 1.165) is 17.3 Å². The van der Waals surface area contributed by atoms with Gasteiger partial charge >= 0.3 is 0 Å². The molecule has 1 N–H and O–H groups in total. The van der Waals surface area contributed by atoms with E-state index in [1.165, 1.54) is 0 Å². The average Bonchev–Trinajstić information content (AvgIpc) is 2.99. The number of rotatable bonds is 6. The third-order valence-corrected chi connectivity index (χ3v) is 3.56. The SMILES string of the molecule is O=C(NCCSCc1ccco1)c1ccc(Br)o1. The second kappa shape index (κ2) is 6.70. The van der Waals surface area contributed by atoms with Crippen LogP contribution in [0, 0.1) is 0 Å². The molecule has 96 valence electrons. The number of carbonyl (C=O) groups is 1.